The summed E-state index contributed by atoms with van der Waals surface area (Å²) in [5.74, 6) is -0.657. The van der Waals surface area contributed by atoms with E-state index in [1.807, 2.05) is 12.1 Å². The van der Waals surface area contributed by atoms with Crippen LogP contribution in [0.4, 0.5) is 5.69 Å². The van der Waals surface area contributed by atoms with Crippen molar-refractivity contribution in [1.29, 1.82) is 0 Å². The molecule has 0 unspecified atom stereocenters. The van der Waals surface area contributed by atoms with Crippen LogP contribution in [0.25, 0.3) is 11.4 Å². The van der Waals surface area contributed by atoms with Crippen LogP contribution in [0.5, 0.6) is 0 Å². The van der Waals surface area contributed by atoms with Gasteiger partial charge in [-0.25, -0.2) is 9.78 Å². The number of H-pyrrole nitrogens is 1. The summed E-state index contributed by atoms with van der Waals surface area (Å²) in [6.07, 6.45) is 0. The van der Waals surface area contributed by atoms with Crippen LogP contribution < -0.4 is 5.32 Å². The van der Waals surface area contributed by atoms with Crippen LogP contribution in [0.3, 0.4) is 0 Å². The number of amides is 1. The molecular weight excluding hydrogens is 376 g/mol. The van der Waals surface area contributed by atoms with Gasteiger partial charge in [0.15, 0.2) is 5.82 Å². The van der Waals surface area contributed by atoms with Crippen molar-refractivity contribution < 1.29 is 14.7 Å². The van der Waals surface area contributed by atoms with E-state index in [1.165, 1.54) is 23.9 Å². The van der Waals surface area contributed by atoms with Crippen LogP contribution in [-0.4, -0.2) is 37.9 Å². The van der Waals surface area contributed by atoms with Crippen LogP contribution in [0.15, 0.2) is 53.7 Å². The molecule has 1 aromatic heterocycles. The molecule has 0 spiro atoms. The van der Waals surface area contributed by atoms with Crippen molar-refractivity contribution in [2.24, 2.45) is 0 Å². The molecule has 3 aromatic rings. The van der Waals surface area contributed by atoms with Gasteiger partial charge in [-0.2, -0.15) is 0 Å². The van der Waals surface area contributed by atoms with E-state index < -0.39 is 5.97 Å². The van der Waals surface area contributed by atoms with Crippen molar-refractivity contribution in [3.05, 3.63) is 59.1 Å². The minimum absolute atomic E-state index is 0.0925. The smallest absolute Gasteiger partial charge is 0.335 e. The minimum atomic E-state index is -1.05. The van der Waals surface area contributed by atoms with Crippen molar-refractivity contribution in [2.75, 3.05) is 11.1 Å². The first-order valence-electron chi connectivity index (χ1n) is 7.45. The largest absolute Gasteiger partial charge is 0.478 e. The van der Waals surface area contributed by atoms with E-state index in [9.17, 15) is 9.59 Å². The van der Waals surface area contributed by atoms with Crippen LogP contribution >= 0.6 is 23.4 Å². The fraction of sp³-hybridized carbons (Fsp3) is 0.0588. The number of nitrogens with one attached hydrogen (secondary N) is 2. The molecule has 0 aliphatic carbocycles. The van der Waals surface area contributed by atoms with E-state index in [1.54, 1.807) is 24.3 Å². The molecule has 0 fully saturated rings. The number of carbonyl (C=O) groups is 2. The summed E-state index contributed by atoms with van der Waals surface area (Å²) in [5, 5.41) is 19.6. The van der Waals surface area contributed by atoms with Gasteiger partial charge in [-0.1, -0.05) is 29.4 Å². The van der Waals surface area contributed by atoms with Gasteiger partial charge in [0.2, 0.25) is 11.1 Å². The third kappa shape index (κ3) is 4.62. The number of carboxylic acids is 1. The summed E-state index contributed by atoms with van der Waals surface area (Å²) < 4.78 is 0. The molecule has 2 aromatic carbocycles. The van der Waals surface area contributed by atoms with Crippen molar-refractivity contribution in [1.82, 2.24) is 15.2 Å². The number of aromatic nitrogens is 3. The summed E-state index contributed by atoms with van der Waals surface area (Å²) in [6, 6.07) is 13.2. The molecule has 1 heterocycles. The highest BCUT2D eigenvalue weighted by Crippen LogP contribution is 2.21. The minimum Gasteiger partial charge on any atom is -0.478 e. The lowest BCUT2D eigenvalue weighted by molar-refractivity contribution is -0.113. The van der Waals surface area contributed by atoms with Crippen LogP contribution in [-0.2, 0) is 4.79 Å². The zero-order chi connectivity index (χ0) is 18.5. The third-order valence-electron chi connectivity index (χ3n) is 3.31. The number of carbonyl (C=O) groups excluding carboxylic acids is 1. The first-order valence-corrected chi connectivity index (χ1v) is 8.82. The number of nitrogens with zero attached hydrogens (tertiary/aromatic N) is 2. The van der Waals surface area contributed by atoms with Gasteiger partial charge >= 0.3 is 5.97 Å². The molecule has 3 rings (SSSR count). The second-order valence-electron chi connectivity index (χ2n) is 5.20. The molecule has 1 amide bonds. The molecular formula is C17H13ClN4O3S. The Balaban J connectivity index is 1.57. The lowest BCUT2D eigenvalue weighted by Crippen LogP contribution is -2.14. The zero-order valence-electron chi connectivity index (χ0n) is 13.3. The second-order valence-corrected chi connectivity index (χ2v) is 6.58. The van der Waals surface area contributed by atoms with Crippen molar-refractivity contribution in [2.45, 2.75) is 5.16 Å². The maximum absolute atomic E-state index is 12.0. The second kappa shape index (κ2) is 8.03. The molecule has 0 saturated carbocycles. The third-order valence-corrected chi connectivity index (χ3v) is 4.41. The maximum atomic E-state index is 12.0. The number of hydrogen-bond acceptors (Lipinski definition) is 5. The van der Waals surface area contributed by atoms with Crippen LogP contribution in [0.1, 0.15) is 10.4 Å². The normalized spacial score (nSPS) is 10.5. The summed E-state index contributed by atoms with van der Waals surface area (Å²) in [7, 11) is 0. The molecule has 0 atom stereocenters. The average molecular weight is 389 g/mol. The maximum Gasteiger partial charge on any atom is 0.335 e. The topological polar surface area (TPSA) is 108 Å². The van der Waals surface area contributed by atoms with E-state index >= 15 is 0 Å². The Morgan fingerprint density at radius 2 is 1.96 bits per heavy atom. The predicted octanol–water partition coefficient (Wildman–Crippen LogP) is 3.55. The number of thioether (sulfide) groups is 1. The van der Waals surface area contributed by atoms with Gasteiger partial charge in [-0.05, 0) is 42.5 Å². The molecule has 0 bridgehead atoms. The predicted molar refractivity (Wildman–Crippen MR) is 99.6 cm³/mol. The number of aromatic amines is 1. The number of carboxylic acid groups (broad SMARTS) is 1. The van der Waals surface area contributed by atoms with Gasteiger partial charge in [0.25, 0.3) is 0 Å². The Morgan fingerprint density at radius 3 is 2.69 bits per heavy atom. The number of rotatable bonds is 6. The van der Waals surface area contributed by atoms with Crippen molar-refractivity contribution in [3.63, 3.8) is 0 Å². The highest BCUT2D eigenvalue weighted by atomic mass is 35.5. The van der Waals surface area contributed by atoms with E-state index in [0.29, 0.717) is 21.7 Å². The average Bonchev–Trinajstić information content (AvgIpc) is 3.10. The van der Waals surface area contributed by atoms with Gasteiger partial charge in [0, 0.05) is 16.3 Å². The Bertz CT molecular complexity index is 943. The Hall–Kier alpha value is -2.84. The van der Waals surface area contributed by atoms with Gasteiger partial charge in [-0.3, -0.25) is 9.89 Å². The quantitative estimate of drug-likeness (QED) is 0.557. The monoisotopic (exact) mass is 388 g/mol. The Labute approximate surface area is 157 Å². The molecule has 132 valence electrons. The number of aromatic carboxylic acids is 1. The van der Waals surface area contributed by atoms with E-state index in [4.69, 9.17) is 16.7 Å². The molecule has 0 aliphatic rings. The van der Waals surface area contributed by atoms with Gasteiger partial charge < -0.3 is 10.4 Å². The number of benzene rings is 2. The SMILES string of the molecule is O=C(CSc1n[nH]c(-c2ccc(Cl)cc2)n1)Nc1cccc(C(=O)O)c1. The Morgan fingerprint density at radius 1 is 1.19 bits per heavy atom. The molecule has 26 heavy (non-hydrogen) atoms. The first-order chi connectivity index (χ1) is 12.5. The van der Waals surface area contributed by atoms with Crippen molar-refractivity contribution >= 4 is 40.9 Å². The number of hydrogen-bond donors (Lipinski definition) is 3. The van der Waals surface area contributed by atoms with Crippen LogP contribution in [0.2, 0.25) is 5.02 Å². The summed E-state index contributed by atoms with van der Waals surface area (Å²) in [5.41, 5.74) is 1.37. The van der Waals surface area contributed by atoms with Gasteiger partial charge in [0.1, 0.15) is 0 Å². The molecule has 9 heteroatoms. The Kier molecular flexibility index (Phi) is 5.55. The number of anilines is 1. The fourth-order valence-corrected chi connectivity index (χ4v) is 2.83. The molecule has 7 nitrogen and oxygen atoms in total. The molecule has 3 N–H and O–H groups in total. The molecule has 0 saturated heterocycles. The first kappa shape index (κ1) is 18.0. The highest BCUT2D eigenvalue weighted by molar-refractivity contribution is 7.99. The summed E-state index contributed by atoms with van der Waals surface area (Å²) in [4.78, 5) is 27.3. The lowest BCUT2D eigenvalue weighted by atomic mass is 10.2. The van der Waals surface area contributed by atoms with Gasteiger partial charge in [0.05, 0.1) is 11.3 Å². The van der Waals surface area contributed by atoms with Gasteiger partial charge in [-0.15, -0.1) is 5.10 Å². The molecule has 0 aliphatic heterocycles. The summed E-state index contributed by atoms with van der Waals surface area (Å²) in [6.45, 7) is 0. The highest BCUT2D eigenvalue weighted by Gasteiger charge is 2.10. The lowest BCUT2D eigenvalue weighted by Gasteiger charge is -2.04. The summed E-state index contributed by atoms with van der Waals surface area (Å²) >= 11 is 7.02. The standard InChI is InChI=1S/C17H13ClN4O3S/c18-12-6-4-10(5-7-12)15-20-17(22-21-15)26-9-14(23)19-13-3-1-2-11(8-13)16(24)25/h1-8H,9H2,(H,19,23)(H,24,25)(H,20,21,22). The number of halogens is 1. The fourth-order valence-electron chi connectivity index (χ4n) is 2.10. The van der Waals surface area contributed by atoms with E-state index in [2.05, 4.69) is 20.5 Å². The van der Waals surface area contributed by atoms with Crippen LogP contribution in [0, 0.1) is 0 Å². The molecule has 0 radical (unpaired) electrons. The zero-order valence-corrected chi connectivity index (χ0v) is 14.8. The van der Waals surface area contributed by atoms with E-state index in [-0.39, 0.29) is 17.2 Å². The van der Waals surface area contributed by atoms with E-state index in [0.717, 1.165) is 5.56 Å². The van der Waals surface area contributed by atoms with Crippen molar-refractivity contribution in [3.8, 4) is 11.4 Å².